The van der Waals surface area contributed by atoms with Gasteiger partial charge < -0.3 is 10.6 Å². The number of hydrogen-bond acceptors (Lipinski definition) is 10. The highest BCUT2D eigenvalue weighted by Gasteiger charge is 2.45. The SMILES string of the molecule is CC1(C)CCCCN1S(=O)(=O)Cc1cccc(NC(=O)CCCCCn2cc(CNc3cccc4c3C(=O)N(C3CCC(=O)NC3=O)C4=O)nn2)c1. The molecule has 4 heterocycles. The van der Waals surface area contributed by atoms with E-state index in [0.717, 1.165) is 37.0 Å². The number of aryl methyl sites for hydroxylation is 1. The van der Waals surface area contributed by atoms with E-state index in [0.29, 0.717) is 48.6 Å². The third-order valence-electron chi connectivity index (χ3n) is 9.78. The second kappa shape index (κ2) is 15.3. The van der Waals surface area contributed by atoms with Gasteiger partial charge in [-0.2, -0.15) is 4.31 Å². The molecular formula is C36H44N8O7S. The molecule has 0 aliphatic carbocycles. The maximum absolute atomic E-state index is 13.3. The van der Waals surface area contributed by atoms with E-state index in [1.165, 1.54) is 6.07 Å². The van der Waals surface area contributed by atoms with E-state index in [1.807, 2.05) is 13.8 Å². The number of imide groups is 2. The molecule has 0 bridgehead atoms. The van der Waals surface area contributed by atoms with Crippen LogP contribution in [0.4, 0.5) is 11.4 Å². The molecule has 0 spiro atoms. The third kappa shape index (κ3) is 8.23. The maximum atomic E-state index is 13.3. The molecule has 1 aromatic heterocycles. The number of nitrogens with zero attached hydrogens (tertiary/aromatic N) is 5. The fourth-order valence-electron chi connectivity index (χ4n) is 7.12. The highest BCUT2D eigenvalue weighted by Crippen LogP contribution is 2.33. The lowest BCUT2D eigenvalue weighted by atomic mass is 9.93. The summed E-state index contributed by atoms with van der Waals surface area (Å²) in [6.45, 7) is 5.29. The molecule has 0 saturated carbocycles. The van der Waals surface area contributed by atoms with Gasteiger partial charge in [0.25, 0.3) is 11.8 Å². The lowest BCUT2D eigenvalue weighted by molar-refractivity contribution is -0.136. The van der Waals surface area contributed by atoms with Crippen LogP contribution in [0.2, 0.25) is 0 Å². The molecule has 2 aromatic carbocycles. The summed E-state index contributed by atoms with van der Waals surface area (Å²) in [7, 11) is -3.50. The Bertz CT molecular complexity index is 1990. The highest BCUT2D eigenvalue weighted by molar-refractivity contribution is 7.88. The second-order valence-corrected chi connectivity index (χ2v) is 16.1. The first-order valence-electron chi connectivity index (χ1n) is 17.7. The van der Waals surface area contributed by atoms with E-state index in [-0.39, 0.29) is 42.2 Å². The van der Waals surface area contributed by atoms with Gasteiger partial charge in [0, 0.05) is 42.8 Å². The number of anilines is 2. The first kappa shape index (κ1) is 36.8. The number of sulfonamides is 1. The Morgan fingerprint density at radius 3 is 2.62 bits per heavy atom. The standard InChI is InChI=1S/C36H44N8O7S/c1-36(2)17-5-7-19-43(36)52(50,51)23-24-10-8-11-25(20-24)38-30(45)14-4-3-6-18-42-22-26(40-41-42)21-37-28-13-9-12-27-32(28)35(49)44(34(27)48)29-15-16-31(46)39-33(29)47/h8-13,20,22,29,37H,3-7,14-19,21,23H2,1-2H3,(H,38,45)(H,39,46,47). The summed E-state index contributed by atoms with van der Waals surface area (Å²) in [4.78, 5) is 64.0. The molecule has 52 heavy (non-hydrogen) atoms. The van der Waals surface area contributed by atoms with E-state index < -0.39 is 45.2 Å². The average molecular weight is 733 g/mol. The molecule has 3 aliphatic rings. The number of rotatable bonds is 14. The van der Waals surface area contributed by atoms with Crippen LogP contribution in [0.15, 0.2) is 48.7 Å². The monoisotopic (exact) mass is 732 g/mol. The Morgan fingerprint density at radius 1 is 1.02 bits per heavy atom. The van der Waals surface area contributed by atoms with Crippen molar-refractivity contribution in [3.05, 3.63) is 71.0 Å². The third-order valence-corrected chi connectivity index (χ3v) is 11.8. The lowest BCUT2D eigenvalue weighted by Gasteiger charge is -2.41. The van der Waals surface area contributed by atoms with Crippen LogP contribution in [0.3, 0.4) is 0 Å². The van der Waals surface area contributed by atoms with Gasteiger partial charge in [0.15, 0.2) is 0 Å². The fraction of sp³-hybridized carbons (Fsp3) is 0.472. The van der Waals surface area contributed by atoms with Crippen LogP contribution in [0.25, 0.3) is 0 Å². The topological polar surface area (TPSA) is 193 Å². The van der Waals surface area contributed by atoms with Crippen LogP contribution in [-0.2, 0) is 43.2 Å². The minimum absolute atomic E-state index is 0.0460. The zero-order valence-electron chi connectivity index (χ0n) is 29.4. The minimum atomic E-state index is -3.50. The fourth-order valence-corrected chi connectivity index (χ4v) is 9.13. The van der Waals surface area contributed by atoms with Crippen molar-refractivity contribution in [2.75, 3.05) is 17.2 Å². The molecule has 3 aliphatic heterocycles. The van der Waals surface area contributed by atoms with Crippen molar-refractivity contribution in [1.29, 1.82) is 0 Å². The Kier molecular flexibility index (Phi) is 10.9. The number of aromatic nitrogens is 3. The maximum Gasteiger partial charge on any atom is 0.264 e. The summed E-state index contributed by atoms with van der Waals surface area (Å²) in [5, 5.41) is 16.6. The van der Waals surface area contributed by atoms with Gasteiger partial charge in [-0.25, -0.2) is 8.42 Å². The Labute approximate surface area is 302 Å². The summed E-state index contributed by atoms with van der Waals surface area (Å²) >= 11 is 0. The average Bonchev–Trinajstić information content (AvgIpc) is 3.64. The molecule has 2 saturated heterocycles. The molecule has 3 aromatic rings. The van der Waals surface area contributed by atoms with Crippen LogP contribution < -0.4 is 16.0 Å². The van der Waals surface area contributed by atoms with Crippen molar-refractivity contribution in [2.24, 2.45) is 0 Å². The number of piperidine rings is 2. The lowest BCUT2D eigenvalue weighted by Crippen LogP contribution is -2.54. The largest absolute Gasteiger partial charge is 0.379 e. The van der Waals surface area contributed by atoms with E-state index >= 15 is 0 Å². The zero-order chi connectivity index (χ0) is 37.0. The molecule has 3 N–H and O–H groups in total. The molecule has 2 fully saturated rings. The Hall–Kier alpha value is -4.96. The van der Waals surface area contributed by atoms with Crippen molar-refractivity contribution in [3.8, 4) is 0 Å². The van der Waals surface area contributed by atoms with E-state index in [1.54, 1.807) is 51.6 Å². The molecular weight excluding hydrogens is 689 g/mol. The quantitative estimate of drug-likeness (QED) is 0.163. The summed E-state index contributed by atoms with van der Waals surface area (Å²) < 4.78 is 29.8. The van der Waals surface area contributed by atoms with Crippen molar-refractivity contribution >= 4 is 50.9 Å². The van der Waals surface area contributed by atoms with E-state index in [2.05, 4.69) is 26.3 Å². The molecule has 16 heteroatoms. The van der Waals surface area contributed by atoms with Crippen molar-refractivity contribution < 1.29 is 32.4 Å². The number of nitrogens with one attached hydrogen (secondary N) is 3. The summed E-state index contributed by atoms with van der Waals surface area (Å²) in [6.07, 6.45) is 7.15. The van der Waals surface area contributed by atoms with Gasteiger partial charge in [-0.05, 0) is 75.8 Å². The molecule has 1 atom stereocenters. The second-order valence-electron chi connectivity index (χ2n) is 14.2. The number of fused-ring (bicyclic) bond motifs is 1. The van der Waals surface area contributed by atoms with Gasteiger partial charge in [0.05, 0.1) is 29.6 Å². The number of carbonyl (C=O) groups excluding carboxylic acids is 5. The van der Waals surface area contributed by atoms with Crippen LogP contribution in [-0.4, -0.2) is 80.3 Å². The van der Waals surface area contributed by atoms with Crippen LogP contribution in [0.5, 0.6) is 0 Å². The van der Waals surface area contributed by atoms with Crippen LogP contribution >= 0.6 is 0 Å². The van der Waals surface area contributed by atoms with Crippen LogP contribution in [0, 0.1) is 0 Å². The van der Waals surface area contributed by atoms with Gasteiger partial charge in [-0.3, -0.25) is 38.9 Å². The summed E-state index contributed by atoms with van der Waals surface area (Å²) in [6, 6.07) is 10.8. The molecule has 276 valence electrons. The number of benzene rings is 2. The first-order valence-corrected chi connectivity index (χ1v) is 19.3. The van der Waals surface area contributed by atoms with Gasteiger partial charge in [-0.15, -0.1) is 5.10 Å². The zero-order valence-corrected chi connectivity index (χ0v) is 30.2. The van der Waals surface area contributed by atoms with Gasteiger partial charge in [0.2, 0.25) is 27.7 Å². The number of hydrogen-bond donors (Lipinski definition) is 3. The van der Waals surface area contributed by atoms with Crippen molar-refractivity contribution in [1.82, 2.24) is 29.5 Å². The predicted octanol–water partition coefficient (Wildman–Crippen LogP) is 3.58. The number of amides is 5. The van der Waals surface area contributed by atoms with Crippen LogP contribution in [0.1, 0.15) is 104 Å². The molecule has 0 radical (unpaired) electrons. The highest BCUT2D eigenvalue weighted by atomic mass is 32.2. The van der Waals surface area contributed by atoms with Gasteiger partial charge >= 0.3 is 0 Å². The smallest absolute Gasteiger partial charge is 0.264 e. The minimum Gasteiger partial charge on any atom is -0.379 e. The van der Waals surface area contributed by atoms with E-state index in [4.69, 9.17) is 0 Å². The van der Waals surface area contributed by atoms with Crippen molar-refractivity contribution in [2.45, 2.75) is 102 Å². The Morgan fingerprint density at radius 2 is 1.83 bits per heavy atom. The molecule has 6 rings (SSSR count). The predicted molar refractivity (Wildman–Crippen MR) is 191 cm³/mol. The number of unbranched alkanes of at least 4 members (excludes halogenated alkanes) is 2. The molecule has 15 nitrogen and oxygen atoms in total. The normalized spacial score (nSPS) is 19.0. The van der Waals surface area contributed by atoms with E-state index in [9.17, 15) is 32.4 Å². The number of carbonyl (C=O) groups is 5. The summed E-state index contributed by atoms with van der Waals surface area (Å²) in [5.41, 5.74) is 2.21. The summed E-state index contributed by atoms with van der Waals surface area (Å²) in [5.74, 6) is -2.51. The Balaban J connectivity index is 0.932. The van der Waals surface area contributed by atoms with Crippen molar-refractivity contribution in [3.63, 3.8) is 0 Å². The van der Waals surface area contributed by atoms with Gasteiger partial charge in [0.1, 0.15) is 11.7 Å². The molecule has 1 unspecified atom stereocenters. The van der Waals surface area contributed by atoms with Gasteiger partial charge in [-0.1, -0.05) is 36.3 Å². The first-order chi connectivity index (χ1) is 24.8. The molecule has 5 amide bonds.